The molecule has 1 atom stereocenters. The zero-order chi connectivity index (χ0) is 20.1. The van der Waals surface area contributed by atoms with E-state index in [2.05, 4.69) is 5.32 Å². The van der Waals surface area contributed by atoms with Gasteiger partial charge in [-0.25, -0.2) is 0 Å². The summed E-state index contributed by atoms with van der Waals surface area (Å²) in [4.78, 5) is 12.4. The number of benzene rings is 2. The maximum absolute atomic E-state index is 12.4. The molecule has 2 aromatic carbocycles. The number of fused-ring (bicyclic) bond motifs is 1. The Morgan fingerprint density at radius 3 is 2.71 bits per heavy atom. The number of nitrogens with one attached hydrogen (secondary N) is 1. The van der Waals surface area contributed by atoms with Crippen LogP contribution in [0.1, 0.15) is 12.8 Å². The third kappa shape index (κ3) is 4.81. The van der Waals surface area contributed by atoms with Gasteiger partial charge in [-0.15, -0.1) is 0 Å². The fraction of sp³-hybridized carbons (Fsp3) is 0.450. The first kappa shape index (κ1) is 20.6. The second kappa shape index (κ2) is 8.89. The fourth-order valence-corrected chi connectivity index (χ4v) is 4.53. The van der Waals surface area contributed by atoms with Gasteiger partial charge in [0.05, 0.1) is 12.5 Å². The van der Waals surface area contributed by atoms with E-state index in [9.17, 15) is 13.2 Å². The molecule has 7 nitrogen and oxygen atoms in total. The predicted octanol–water partition coefficient (Wildman–Crippen LogP) is 1.85. The van der Waals surface area contributed by atoms with Gasteiger partial charge in [-0.2, -0.15) is 17.0 Å². The lowest BCUT2D eigenvalue weighted by Crippen LogP contribution is -2.49. The molecular weight excluding hydrogens is 378 g/mol. The summed E-state index contributed by atoms with van der Waals surface area (Å²) in [5, 5.41) is 5.12. The molecule has 0 saturated carbocycles. The minimum absolute atomic E-state index is 0.124. The number of carbonyl (C=O) groups excluding carboxylic acids is 1. The maximum atomic E-state index is 12.4. The average Bonchev–Trinajstić information content (AvgIpc) is 2.71. The van der Waals surface area contributed by atoms with Crippen molar-refractivity contribution >= 4 is 26.9 Å². The summed E-state index contributed by atoms with van der Waals surface area (Å²) in [5.41, 5.74) is 0. The van der Waals surface area contributed by atoms with Crippen LogP contribution < -0.4 is 10.1 Å². The van der Waals surface area contributed by atoms with E-state index in [-0.39, 0.29) is 18.4 Å². The third-order valence-electron chi connectivity index (χ3n) is 4.93. The lowest BCUT2D eigenvalue weighted by Gasteiger charge is -2.32. The molecule has 1 aliphatic rings. The molecule has 1 amide bonds. The highest BCUT2D eigenvalue weighted by Gasteiger charge is 2.33. The van der Waals surface area contributed by atoms with Crippen molar-refractivity contribution < 1.29 is 17.9 Å². The second-order valence-electron chi connectivity index (χ2n) is 7.14. The first-order valence-corrected chi connectivity index (χ1v) is 10.8. The number of hydrogen-bond donors (Lipinski definition) is 1. The largest absolute Gasteiger partial charge is 0.492 e. The predicted molar refractivity (Wildman–Crippen MR) is 109 cm³/mol. The van der Waals surface area contributed by atoms with Crippen molar-refractivity contribution in [3.05, 3.63) is 42.5 Å². The van der Waals surface area contributed by atoms with Crippen LogP contribution in [0.5, 0.6) is 5.75 Å². The Kier molecular flexibility index (Phi) is 6.53. The quantitative estimate of drug-likeness (QED) is 0.713. The van der Waals surface area contributed by atoms with Crippen LogP contribution in [-0.4, -0.2) is 63.3 Å². The summed E-state index contributed by atoms with van der Waals surface area (Å²) in [6.45, 7) is 1.41. The Balaban J connectivity index is 1.47. The Labute approximate surface area is 166 Å². The highest BCUT2D eigenvalue weighted by molar-refractivity contribution is 7.86. The highest BCUT2D eigenvalue weighted by atomic mass is 32.2. The van der Waals surface area contributed by atoms with Crippen LogP contribution >= 0.6 is 0 Å². The van der Waals surface area contributed by atoms with Crippen molar-refractivity contribution in [1.82, 2.24) is 13.9 Å². The molecule has 0 spiro atoms. The van der Waals surface area contributed by atoms with Crippen molar-refractivity contribution in [2.24, 2.45) is 5.92 Å². The van der Waals surface area contributed by atoms with Crippen molar-refractivity contribution in [3.63, 3.8) is 0 Å². The number of amides is 1. The summed E-state index contributed by atoms with van der Waals surface area (Å²) in [6, 6.07) is 13.9. The van der Waals surface area contributed by atoms with Crippen LogP contribution in [0.2, 0.25) is 0 Å². The molecule has 3 rings (SSSR count). The summed E-state index contributed by atoms with van der Waals surface area (Å²) in [7, 11) is -0.477. The standard InChI is InChI=1S/C20H27N3O4S/c1-22(2)28(25,26)23-12-5-8-18(15-23)20(24)21-11-13-27-19-10-9-16-6-3-4-7-17(16)14-19/h3-4,6-7,9-10,14,18H,5,8,11-13,15H2,1-2H3,(H,21,24)/t18-/m0/s1. The molecule has 1 fully saturated rings. The van der Waals surface area contributed by atoms with Crippen LogP contribution in [0, 0.1) is 5.92 Å². The monoisotopic (exact) mass is 405 g/mol. The molecule has 8 heteroatoms. The van der Waals surface area contributed by atoms with E-state index in [1.54, 1.807) is 0 Å². The zero-order valence-corrected chi connectivity index (χ0v) is 17.1. The Bertz CT molecular complexity index is 930. The van der Waals surface area contributed by atoms with E-state index in [0.29, 0.717) is 32.5 Å². The smallest absolute Gasteiger partial charge is 0.281 e. The van der Waals surface area contributed by atoms with Gasteiger partial charge in [-0.05, 0) is 35.7 Å². The molecule has 28 heavy (non-hydrogen) atoms. The van der Waals surface area contributed by atoms with E-state index in [4.69, 9.17) is 4.74 Å². The molecule has 0 aromatic heterocycles. The minimum Gasteiger partial charge on any atom is -0.492 e. The molecule has 1 heterocycles. The number of piperidine rings is 1. The van der Waals surface area contributed by atoms with Gasteiger partial charge in [0.2, 0.25) is 5.91 Å². The third-order valence-corrected chi connectivity index (χ3v) is 6.84. The SMILES string of the molecule is CN(C)S(=O)(=O)N1CCC[C@H](C(=O)NCCOc2ccc3ccccc3c2)C1. The number of ether oxygens (including phenoxy) is 1. The fourth-order valence-electron chi connectivity index (χ4n) is 3.34. The van der Waals surface area contributed by atoms with Gasteiger partial charge < -0.3 is 10.1 Å². The normalized spacial score (nSPS) is 18.3. The first-order valence-electron chi connectivity index (χ1n) is 9.45. The molecule has 0 aliphatic carbocycles. The van der Waals surface area contributed by atoms with Crippen LogP contribution in [0.4, 0.5) is 0 Å². The summed E-state index contributed by atoms with van der Waals surface area (Å²) in [6.07, 6.45) is 1.37. The molecule has 1 N–H and O–H groups in total. The first-order chi connectivity index (χ1) is 13.4. The van der Waals surface area contributed by atoms with Crippen molar-refractivity contribution in [3.8, 4) is 5.75 Å². The van der Waals surface area contributed by atoms with Gasteiger partial charge in [0.25, 0.3) is 10.2 Å². The zero-order valence-electron chi connectivity index (χ0n) is 16.3. The van der Waals surface area contributed by atoms with E-state index in [1.165, 1.54) is 22.7 Å². The molecule has 152 valence electrons. The van der Waals surface area contributed by atoms with Crippen LogP contribution in [-0.2, 0) is 15.0 Å². The molecule has 1 saturated heterocycles. The van der Waals surface area contributed by atoms with Gasteiger partial charge in [-0.3, -0.25) is 4.79 Å². The number of hydrogen-bond acceptors (Lipinski definition) is 4. The van der Waals surface area contributed by atoms with Crippen LogP contribution in [0.3, 0.4) is 0 Å². The van der Waals surface area contributed by atoms with Crippen molar-refractivity contribution in [1.29, 1.82) is 0 Å². The molecule has 2 aromatic rings. The molecule has 0 bridgehead atoms. The van der Waals surface area contributed by atoms with E-state index >= 15 is 0 Å². The number of rotatable bonds is 7. The lowest BCUT2D eigenvalue weighted by atomic mass is 9.99. The van der Waals surface area contributed by atoms with E-state index in [0.717, 1.165) is 16.5 Å². The topological polar surface area (TPSA) is 79.0 Å². The Morgan fingerprint density at radius 2 is 1.96 bits per heavy atom. The lowest BCUT2D eigenvalue weighted by molar-refractivity contribution is -0.126. The van der Waals surface area contributed by atoms with Crippen molar-refractivity contribution in [2.75, 3.05) is 40.3 Å². The van der Waals surface area contributed by atoms with Gasteiger partial charge in [0.15, 0.2) is 0 Å². The number of carbonyl (C=O) groups is 1. The van der Waals surface area contributed by atoms with Gasteiger partial charge in [-0.1, -0.05) is 30.3 Å². The van der Waals surface area contributed by atoms with E-state index < -0.39 is 10.2 Å². The second-order valence-corrected chi connectivity index (χ2v) is 9.28. The average molecular weight is 406 g/mol. The summed E-state index contributed by atoms with van der Waals surface area (Å²) in [5.74, 6) is 0.304. The van der Waals surface area contributed by atoms with Gasteiger partial charge >= 0.3 is 0 Å². The highest BCUT2D eigenvalue weighted by Crippen LogP contribution is 2.21. The van der Waals surface area contributed by atoms with Crippen molar-refractivity contribution in [2.45, 2.75) is 12.8 Å². The summed E-state index contributed by atoms with van der Waals surface area (Å²) < 4.78 is 32.8. The van der Waals surface area contributed by atoms with Gasteiger partial charge in [0, 0.05) is 27.2 Å². The maximum Gasteiger partial charge on any atom is 0.281 e. The summed E-state index contributed by atoms with van der Waals surface area (Å²) >= 11 is 0. The number of nitrogens with zero attached hydrogens (tertiary/aromatic N) is 2. The minimum atomic E-state index is -3.48. The Hall–Kier alpha value is -2.16. The van der Waals surface area contributed by atoms with Crippen LogP contribution in [0.25, 0.3) is 10.8 Å². The van der Waals surface area contributed by atoms with Gasteiger partial charge in [0.1, 0.15) is 12.4 Å². The molecule has 1 aliphatic heterocycles. The van der Waals surface area contributed by atoms with Crippen LogP contribution in [0.15, 0.2) is 42.5 Å². The molecular formula is C20H27N3O4S. The molecule has 0 radical (unpaired) electrons. The Morgan fingerprint density at radius 1 is 1.21 bits per heavy atom. The molecule has 0 unspecified atom stereocenters. The van der Waals surface area contributed by atoms with E-state index in [1.807, 2.05) is 42.5 Å².